The average molecular weight is 1330 g/mol. The van der Waals surface area contributed by atoms with Crippen LogP contribution in [0, 0.1) is 12.8 Å². The number of aromatic nitrogens is 2. The zero-order valence-electron chi connectivity index (χ0n) is 52.4. The number of hydrogen-bond acceptors (Lipinski definition) is 17. The number of nitrogens with zero attached hydrogens (tertiary/aromatic N) is 5. The third-order valence-electron chi connectivity index (χ3n) is 15.5. The fraction of sp³-hybridized carbons (Fsp3) is 0.354. The van der Waals surface area contributed by atoms with Gasteiger partial charge in [-0.15, -0.1) is 11.6 Å². The zero-order chi connectivity index (χ0) is 68.5. The van der Waals surface area contributed by atoms with Crippen molar-refractivity contribution in [2.24, 2.45) is 11.7 Å². The topological polar surface area (TPSA) is 393 Å². The van der Waals surface area contributed by atoms with Crippen LogP contribution in [-0.4, -0.2) is 185 Å². The van der Waals surface area contributed by atoms with Gasteiger partial charge in [-0.1, -0.05) is 44.2 Å². The Labute approximate surface area is 549 Å². The van der Waals surface area contributed by atoms with Crippen molar-refractivity contribution in [1.82, 2.24) is 40.6 Å². The van der Waals surface area contributed by atoms with Crippen LogP contribution in [0.15, 0.2) is 103 Å². The summed E-state index contributed by atoms with van der Waals surface area (Å²) in [6, 6.07) is 19.2. The van der Waals surface area contributed by atoms with E-state index in [0.717, 1.165) is 33.6 Å². The average Bonchev–Trinajstić information content (AvgIpc) is 1.63. The number of phenolic OH excluding ortho intramolecular Hbond substituents is 1. The van der Waals surface area contributed by atoms with E-state index in [0.29, 0.717) is 44.6 Å². The highest BCUT2D eigenvalue weighted by atomic mass is 35.5. The van der Waals surface area contributed by atoms with Gasteiger partial charge in [-0.3, -0.25) is 38.5 Å². The van der Waals surface area contributed by atoms with Crippen LogP contribution in [0.2, 0.25) is 0 Å². The Morgan fingerprint density at radius 1 is 0.832 bits per heavy atom. The minimum atomic E-state index is -1.17. The number of aromatic hydroxyl groups is 1. The Hall–Kier alpha value is -10.8. The van der Waals surface area contributed by atoms with Gasteiger partial charge in [0.25, 0.3) is 23.6 Å². The standard InChI is InChI=1S/C65H73ClN12O17/c1-37(2)56(74-63(89)93-29-28-92-27-26-77-51(80)20-21-52(77)81)60(86)73-47(10-6-22-68-62(67)88)59(85)70-43-16-12-39(13-17-43)36-94-64(90)75(4)24-25-76(23-7-11-53(82)83)65(91)95-50-32-49-55(54-38(3)8-5-9-46(50)54)42(33-66)35-78(49)61(87)48-31-41-30-44(34-69-57(41)72-48)71-58(84)40-14-18-45(79)19-15-40/h5,8-9,12-21,30-32,34,37,42,47,56,79H,6-7,10-11,22-29,33,35-36H2,1-4H3,(H,69,72)(H,70,85)(H,71,84)(H,73,86)(H,74,89)(H,82,83)(H3,67,68,88)/t42-,47+,56+/m1/s1. The molecule has 95 heavy (non-hydrogen) atoms. The van der Waals surface area contributed by atoms with Crippen molar-refractivity contribution < 1.29 is 81.9 Å². The fourth-order valence-electron chi connectivity index (χ4n) is 10.5. The van der Waals surface area contributed by atoms with E-state index in [9.17, 15) is 63.0 Å². The second kappa shape index (κ2) is 32.7. The molecule has 0 radical (unpaired) electrons. The van der Waals surface area contributed by atoms with Gasteiger partial charge < -0.3 is 81.2 Å². The van der Waals surface area contributed by atoms with Crippen molar-refractivity contribution in [3.05, 3.63) is 131 Å². The quantitative estimate of drug-likeness (QED) is 0.0133. The molecular weight excluding hydrogens is 1260 g/mol. The van der Waals surface area contributed by atoms with Gasteiger partial charge in [-0.25, -0.2) is 24.2 Å². The summed E-state index contributed by atoms with van der Waals surface area (Å²) in [6.45, 7) is 4.71. The Balaban J connectivity index is 0.869. The highest BCUT2D eigenvalue weighted by molar-refractivity contribution is 6.20. The SMILES string of the molecule is Cc1cccc2c(OC(=O)N(CCCC(=O)O)CCN(C)C(=O)OCc3ccc(NC(=O)[C@H](CCCNC(N)=O)NC(=O)[C@@H](NC(=O)OCCOCCN4C(=O)C=CC4=O)C(C)C)cc3)cc3c(c12)[C@H](CCl)CN3C(=O)c1cc2cc(NC(=O)c3ccc(O)cc3)cnc2[nH]1. The van der Waals surface area contributed by atoms with Crippen LogP contribution in [0.25, 0.3) is 21.8 Å². The predicted molar refractivity (Wildman–Crippen MR) is 347 cm³/mol. The summed E-state index contributed by atoms with van der Waals surface area (Å²) in [5, 5.41) is 34.1. The maximum atomic E-state index is 14.6. The van der Waals surface area contributed by atoms with E-state index in [2.05, 4.69) is 36.6 Å². The summed E-state index contributed by atoms with van der Waals surface area (Å²) in [4.78, 5) is 155. The fourth-order valence-corrected chi connectivity index (χ4v) is 10.8. The number of nitrogens with two attached hydrogens (primary N) is 1. The van der Waals surface area contributed by atoms with Gasteiger partial charge in [0.15, 0.2) is 0 Å². The molecule has 4 aromatic carbocycles. The van der Waals surface area contributed by atoms with Crippen molar-refractivity contribution in [2.75, 3.05) is 87.6 Å². The number of H-pyrrole nitrogens is 1. The lowest BCUT2D eigenvalue weighted by Crippen LogP contribution is -2.54. The number of urea groups is 1. The number of halogens is 1. The number of primary amides is 1. The van der Waals surface area contributed by atoms with Gasteiger partial charge in [0.1, 0.15) is 48.1 Å². The first-order valence-corrected chi connectivity index (χ1v) is 30.9. The monoisotopic (exact) mass is 1330 g/mol. The number of rotatable bonds is 30. The molecule has 0 bridgehead atoms. The number of carbonyl (C=O) groups is 11. The maximum Gasteiger partial charge on any atom is 0.415 e. The molecule has 0 spiro atoms. The summed E-state index contributed by atoms with van der Waals surface area (Å²) < 4.78 is 22.3. The molecule has 2 aromatic heterocycles. The molecule has 29 nitrogen and oxygen atoms in total. The molecule has 11 amide bonds. The zero-order valence-corrected chi connectivity index (χ0v) is 53.2. The van der Waals surface area contributed by atoms with Crippen molar-refractivity contribution in [1.29, 1.82) is 0 Å². The van der Waals surface area contributed by atoms with Gasteiger partial charge in [0.05, 0.1) is 37.3 Å². The number of alkyl carbamates (subject to hydrolysis) is 1. The van der Waals surface area contributed by atoms with Gasteiger partial charge in [-0.2, -0.15) is 0 Å². The van der Waals surface area contributed by atoms with Crippen molar-refractivity contribution in [3.63, 3.8) is 0 Å². The number of phenols is 1. The minimum absolute atomic E-state index is 0.00355. The van der Waals surface area contributed by atoms with E-state index in [4.69, 9.17) is 36.3 Å². The highest BCUT2D eigenvalue weighted by Crippen LogP contribution is 2.47. The number of carboxylic acid groups (broad SMARTS) is 1. The second-order valence-electron chi connectivity index (χ2n) is 22.7. The first-order chi connectivity index (χ1) is 45.5. The number of alkyl halides is 1. The van der Waals surface area contributed by atoms with E-state index < -0.39 is 83.7 Å². The molecule has 4 heterocycles. The molecule has 0 saturated carbocycles. The number of aryl methyl sites for hydroxylation is 1. The van der Waals surface area contributed by atoms with E-state index in [-0.39, 0.29) is 120 Å². The molecule has 502 valence electrons. The molecule has 2 aliphatic rings. The van der Waals surface area contributed by atoms with Crippen LogP contribution in [0.5, 0.6) is 11.5 Å². The first-order valence-electron chi connectivity index (χ1n) is 30.4. The Bertz CT molecular complexity index is 3880. The van der Waals surface area contributed by atoms with Crippen LogP contribution >= 0.6 is 11.6 Å². The number of aromatic amines is 1. The molecule has 0 unspecified atom stereocenters. The van der Waals surface area contributed by atoms with Gasteiger partial charge in [0, 0.05) is 98.2 Å². The van der Waals surface area contributed by atoms with Crippen LogP contribution in [0.3, 0.4) is 0 Å². The minimum Gasteiger partial charge on any atom is -0.508 e. The van der Waals surface area contributed by atoms with E-state index in [1.54, 1.807) is 73.3 Å². The Morgan fingerprint density at radius 2 is 1.57 bits per heavy atom. The molecule has 8 rings (SSSR count). The molecule has 10 N–H and O–H groups in total. The van der Waals surface area contributed by atoms with E-state index >= 15 is 0 Å². The van der Waals surface area contributed by atoms with Gasteiger partial charge >= 0.3 is 30.3 Å². The van der Waals surface area contributed by atoms with Gasteiger partial charge in [-0.05, 0) is 103 Å². The number of imide groups is 1. The van der Waals surface area contributed by atoms with Crippen molar-refractivity contribution >= 4 is 116 Å². The largest absolute Gasteiger partial charge is 0.508 e. The third-order valence-corrected chi connectivity index (χ3v) is 15.9. The third kappa shape index (κ3) is 18.7. The van der Waals surface area contributed by atoms with Crippen LogP contribution in [0.1, 0.15) is 83.0 Å². The van der Waals surface area contributed by atoms with Crippen LogP contribution in [-0.2, 0) is 44.8 Å². The van der Waals surface area contributed by atoms with Crippen molar-refractivity contribution in [3.8, 4) is 11.5 Å². The normalized spacial score (nSPS) is 13.9. The second-order valence-corrected chi connectivity index (χ2v) is 23.0. The molecule has 2 aliphatic heterocycles. The van der Waals surface area contributed by atoms with Crippen LogP contribution < -0.4 is 42.0 Å². The molecule has 0 fully saturated rings. The molecule has 3 atom stereocenters. The maximum absolute atomic E-state index is 14.6. The summed E-state index contributed by atoms with van der Waals surface area (Å²) >= 11 is 6.63. The Morgan fingerprint density at radius 3 is 2.26 bits per heavy atom. The lowest BCUT2D eigenvalue weighted by atomic mass is 9.92. The number of ether oxygens (including phenoxy) is 4. The van der Waals surface area contributed by atoms with Crippen molar-refractivity contribution in [2.45, 2.75) is 71.1 Å². The molecule has 30 heteroatoms. The van der Waals surface area contributed by atoms with Gasteiger partial charge in [0.2, 0.25) is 11.8 Å². The summed E-state index contributed by atoms with van der Waals surface area (Å²) in [5.74, 6) is -4.79. The molecular formula is C65H73ClN12O17. The summed E-state index contributed by atoms with van der Waals surface area (Å²) in [6.07, 6.45) is 1.17. The number of fused-ring (bicyclic) bond motifs is 4. The number of pyridine rings is 1. The van der Waals surface area contributed by atoms with E-state index in [1.165, 1.54) is 47.3 Å². The number of carboxylic acids is 1. The number of hydrogen-bond donors (Lipinski definition) is 9. The van der Waals surface area contributed by atoms with E-state index in [1.807, 2.05) is 13.0 Å². The number of carbonyl (C=O) groups excluding carboxylic acids is 10. The molecule has 0 saturated heterocycles. The number of anilines is 3. The molecule has 6 aromatic rings. The number of aliphatic carboxylic acids is 1. The predicted octanol–water partition coefficient (Wildman–Crippen LogP) is 6.46. The smallest absolute Gasteiger partial charge is 0.415 e. The lowest BCUT2D eigenvalue weighted by Gasteiger charge is -2.26. The number of likely N-dealkylation sites (N-methyl/N-ethyl adjacent to an activating group) is 1. The van der Waals surface area contributed by atoms with Crippen LogP contribution in [0.4, 0.5) is 36.2 Å². The number of nitrogens with one attached hydrogen (secondary N) is 6. The molecule has 0 aliphatic carbocycles. The lowest BCUT2D eigenvalue weighted by molar-refractivity contribution is -0.138. The number of amides is 11. The number of benzene rings is 4. The summed E-state index contributed by atoms with van der Waals surface area (Å²) in [5.41, 5.74) is 9.28. The summed E-state index contributed by atoms with van der Waals surface area (Å²) in [7, 11) is 1.45. The first kappa shape index (κ1) is 70.1. The highest BCUT2D eigenvalue weighted by Gasteiger charge is 2.37. The Kier molecular flexibility index (Phi) is 24.1.